The van der Waals surface area contributed by atoms with Crippen LogP contribution in [-0.4, -0.2) is 14.9 Å². The van der Waals surface area contributed by atoms with Crippen LogP contribution in [0.15, 0.2) is 127 Å². The third-order valence-electron chi connectivity index (χ3n) is 9.93. The highest BCUT2D eigenvalue weighted by Gasteiger charge is 2.36. The summed E-state index contributed by atoms with van der Waals surface area (Å²) in [5.41, 5.74) is 12.5. The quantitative estimate of drug-likeness (QED) is 0.196. The number of rotatable bonds is 3. The molecule has 3 nitrogen and oxygen atoms in total. The predicted molar refractivity (Wildman–Crippen MR) is 182 cm³/mol. The number of hydrogen-bond donors (Lipinski definition) is 0. The average molecular weight is 567 g/mol. The first-order valence-corrected chi connectivity index (χ1v) is 15.2. The van der Waals surface area contributed by atoms with E-state index in [4.69, 9.17) is 0 Å². The van der Waals surface area contributed by atoms with Gasteiger partial charge in [0.05, 0.1) is 16.6 Å². The Hall–Kier alpha value is -5.41. The maximum Gasteiger partial charge on any atom is 0.193 e. The first-order chi connectivity index (χ1) is 21.4. The highest BCUT2D eigenvalue weighted by Crippen LogP contribution is 2.51. The zero-order chi connectivity index (χ0) is 29.7. The van der Waals surface area contributed by atoms with Gasteiger partial charge in [-0.2, -0.15) is 0 Å². The Bertz CT molecular complexity index is 2470. The van der Waals surface area contributed by atoms with E-state index in [1.54, 1.807) is 0 Å². The monoisotopic (exact) mass is 566 g/mol. The fourth-order valence-electron chi connectivity index (χ4n) is 7.66. The van der Waals surface area contributed by atoms with Crippen LogP contribution < -0.4 is 0 Å². The molecule has 8 aromatic rings. The molecule has 0 aliphatic heterocycles. The molecular weight excluding hydrogens is 536 g/mol. The number of aryl methyl sites for hydroxylation is 1. The van der Waals surface area contributed by atoms with Crippen LogP contribution in [0.1, 0.15) is 40.9 Å². The summed E-state index contributed by atoms with van der Waals surface area (Å²) in [4.78, 5) is 13.2. The molecule has 0 N–H and O–H groups in total. The Morgan fingerprint density at radius 2 is 1.16 bits per heavy atom. The Morgan fingerprint density at radius 3 is 1.98 bits per heavy atom. The van der Waals surface area contributed by atoms with Crippen molar-refractivity contribution in [2.45, 2.75) is 19.3 Å². The van der Waals surface area contributed by atoms with E-state index in [1.807, 2.05) is 42.5 Å². The third-order valence-corrected chi connectivity index (χ3v) is 9.93. The highest BCUT2D eigenvalue weighted by atomic mass is 16.1. The minimum absolute atomic E-state index is 0.0360. The van der Waals surface area contributed by atoms with Gasteiger partial charge in [0.15, 0.2) is 5.78 Å². The summed E-state index contributed by atoms with van der Waals surface area (Å²) in [6.07, 6.45) is 0. The summed E-state index contributed by atoms with van der Waals surface area (Å²) in [7, 11) is 2.15. The fraction of sp³-hybridized carbons (Fsp3) is 0.0976. The van der Waals surface area contributed by atoms with Crippen molar-refractivity contribution in [2.24, 2.45) is 7.05 Å². The van der Waals surface area contributed by atoms with Crippen molar-refractivity contribution in [2.75, 3.05) is 0 Å². The van der Waals surface area contributed by atoms with Gasteiger partial charge in [0.2, 0.25) is 0 Å². The lowest BCUT2D eigenvalue weighted by Gasteiger charge is -2.21. The van der Waals surface area contributed by atoms with Gasteiger partial charge in [0, 0.05) is 56.3 Å². The van der Waals surface area contributed by atoms with Crippen LogP contribution in [0.4, 0.5) is 0 Å². The van der Waals surface area contributed by atoms with E-state index < -0.39 is 0 Å². The highest BCUT2D eigenvalue weighted by molar-refractivity contribution is 6.19. The number of hydrogen-bond acceptors (Lipinski definition) is 1. The number of carbonyl (C=O) groups is 1. The van der Waals surface area contributed by atoms with Crippen molar-refractivity contribution in [3.05, 3.63) is 150 Å². The first kappa shape index (κ1) is 25.1. The van der Waals surface area contributed by atoms with Gasteiger partial charge in [-0.3, -0.25) is 4.79 Å². The number of carbonyl (C=O) groups excluding carboxylic acids is 1. The fourth-order valence-corrected chi connectivity index (χ4v) is 7.66. The van der Waals surface area contributed by atoms with Gasteiger partial charge in [-0.15, -0.1) is 0 Å². The Morgan fingerprint density at radius 1 is 0.523 bits per heavy atom. The van der Waals surface area contributed by atoms with Crippen molar-refractivity contribution in [1.29, 1.82) is 0 Å². The molecule has 0 atom stereocenters. The van der Waals surface area contributed by atoms with Gasteiger partial charge < -0.3 is 9.13 Å². The number of ketones is 1. The molecule has 1 aliphatic carbocycles. The topological polar surface area (TPSA) is 26.9 Å². The molecule has 9 rings (SSSR count). The second kappa shape index (κ2) is 8.81. The first-order valence-electron chi connectivity index (χ1n) is 15.2. The molecule has 0 unspecified atom stereocenters. The van der Waals surface area contributed by atoms with E-state index in [0.29, 0.717) is 11.1 Å². The molecule has 0 saturated carbocycles. The van der Waals surface area contributed by atoms with Gasteiger partial charge >= 0.3 is 0 Å². The second-order valence-electron chi connectivity index (χ2n) is 12.6. The summed E-state index contributed by atoms with van der Waals surface area (Å²) in [6, 6.07) is 44.7. The second-order valence-corrected chi connectivity index (χ2v) is 12.6. The van der Waals surface area contributed by atoms with Crippen molar-refractivity contribution in [3.8, 4) is 16.8 Å². The molecule has 0 spiro atoms. The van der Waals surface area contributed by atoms with Crippen LogP contribution in [-0.2, 0) is 12.5 Å². The minimum Gasteiger partial charge on any atom is -0.344 e. The molecule has 0 radical (unpaired) electrons. The van der Waals surface area contributed by atoms with Gasteiger partial charge in [-0.25, -0.2) is 0 Å². The number of para-hydroxylation sites is 1. The van der Waals surface area contributed by atoms with Gasteiger partial charge in [0.1, 0.15) is 0 Å². The standard InChI is InChI=1S/C41H30N2O/c1-41(2)34-15-9-7-13-28(34)30-21-32-33-22-31-29-14-8-10-16-36(29)42(3)37(31)24-39(33)43(38(32)23-35(30)41)27-19-17-26(18-20-27)40(44)25-11-5-4-6-12-25/h4-24H,1-3H3. The van der Waals surface area contributed by atoms with Crippen molar-refractivity contribution < 1.29 is 4.79 Å². The predicted octanol–water partition coefficient (Wildman–Crippen LogP) is 9.97. The minimum atomic E-state index is -0.103. The summed E-state index contributed by atoms with van der Waals surface area (Å²) in [5, 5.41) is 5.01. The molecule has 0 fully saturated rings. The van der Waals surface area contributed by atoms with Crippen molar-refractivity contribution in [3.63, 3.8) is 0 Å². The van der Waals surface area contributed by atoms with Gasteiger partial charge in [-0.05, 0) is 76.9 Å². The molecular formula is C41H30N2O. The van der Waals surface area contributed by atoms with Crippen LogP contribution >= 0.6 is 0 Å². The molecule has 0 saturated heterocycles. The molecule has 210 valence electrons. The number of nitrogens with zero attached hydrogens (tertiary/aromatic N) is 2. The van der Waals surface area contributed by atoms with E-state index in [-0.39, 0.29) is 11.2 Å². The Kier molecular flexibility index (Phi) is 5.03. The lowest BCUT2D eigenvalue weighted by Crippen LogP contribution is -2.15. The maximum absolute atomic E-state index is 13.2. The van der Waals surface area contributed by atoms with Gasteiger partial charge in [0.25, 0.3) is 0 Å². The lowest BCUT2D eigenvalue weighted by atomic mass is 9.82. The average Bonchev–Trinajstić information content (AvgIpc) is 3.62. The molecule has 0 bridgehead atoms. The Labute approximate surface area is 255 Å². The van der Waals surface area contributed by atoms with Crippen molar-refractivity contribution in [1.82, 2.24) is 9.13 Å². The smallest absolute Gasteiger partial charge is 0.193 e. The van der Waals surface area contributed by atoms with Crippen LogP contribution in [0.2, 0.25) is 0 Å². The molecule has 6 aromatic carbocycles. The lowest BCUT2D eigenvalue weighted by molar-refractivity contribution is 0.103. The molecule has 44 heavy (non-hydrogen) atoms. The molecule has 0 amide bonds. The van der Waals surface area contributed by atoms with E-state index in [9.17, 15) is 4.79 Å². The number of aromatic nitrogens is 2. The van der Waals surface area contributed by atoms with Crippen LogP contribution in [0.25, 0.3) is 60.4 Å². The van der Waals surface area contributed by atoms with Crippen LogP contribution in [0, 0.1) is 0 Å². The summed E-state index contributed by atoms with van der Waals surface area (Å²) < 4.78 is 4.69. The van der Waals surface area contributed by atoms with E-state index in [2.05, 4.69) is 115 Å². The number of fused-ring (bicyclic) bond motifs is 9. The number of benzene rings is 6. The van der Waals surface area contributed by atoms with Crippen LogP contribution in [0.3, 0.4) is 0 Å². The third kappa shape index (κ3) is 3.30. The zero-order valence-corrected chi connectivity index (χ0v) is 24.9. The van der Waals surface area contributed by atoms with Gasteiger partial charge in [-0.1, -0.05) is 86.6 Å². The van der Waals surface area contributed by atoms with E-state index in [0.717, 1.165) is 11.2 Å². The largest absolute Gasteiger partial charge is 0.344 e. The molecule has 1 aliphatic rings. The van der Waals surface area contributed by atoms with E-state index >= 15 is 0 Å². The summed E-state index contributed by atoms with van der Waals surface area (Å²) >= 11 is 0. The normalized spacial score (nSPS) is 13.6. The summed E-state index contributed by atoms with van der Waals surface area (Å²) in [6.45, 7) is 4.67. The maximum atomic E-state index is 13.2. The summed E-state index contributed by atoms with van der Waals surface area (Å²) in [5.74, 6) is 0.0360. The van der Waals surface area contributed by atoms with Crippen LogP contribution in [0.5, 0.6) is 0 Å². The van der Waals surface area contributed by atoms with E-state index in [1.165, 1.54) is 60.3 Å². The SMILES string of the molecule is Cn1c2ccccc2c2cc3c4cc5c(cc4n(-c4ccc(C(=O)c6ccccc6)cc4)c3cc21)C(C)(C)c1ccccc1-5. The molecule has 2 aromatic heterocycles. The molecule has 2 heterocycles. The Balaban J connectivity index is 1.35. The molecule has 3 heteroatoms. The zero-order valence-electron chi connectivity index (χ0n) is 24.9. The van der Waals surface area contributed by atoms with Crippen molar-refractivity contribution >= 4 is 49.4 Å².